The van der Waals surface area contributed by atoms with E-state index in [0.29, 0.717) is 30.2 Å². The molecule has 18 heavy (non-hydrogen) atoms. The van der Waals surface area contributed by atoms with Crippen LogP contribution in [0.3, 0.4) is 0 Å². The molecular weight excluding hydrogens is 236 g/mol. The topological polar surface area (TPSA) is 82.8 Å². The Morgan fingerprint density at radius 2 is 2.28 bits per heavy atom. The second-order valence-corrected chi connectivity index (χ2v) is 3.93. The lowest BCUT2D eigenvalue weighted by molar-refractivity contribution is 0.0900. The molecule has 0 bridgehead atoms. The van der Waals surface area contributed by atoms with Gasteiger partial charge in [-0.1, -0.05) is 0 Å². The number of fused-ring (bicyclic) bond motifs is 1. The van der Waals surface area contributed by atoms with Crippen molar-refractivity contribution < 1.29 is 19.0 Å². The third kappa shape index (κ3) is 2.72. The second-order valence-electron chi connectivity index (χ2n) is 3.93. The molecule has 1 aromatic rings. The zero-order chi connectivity index (χ0) is 13.0. The zero-order valence-electron chi connectivity index (χ0n) is 10.1. The van der Waals surface area contributed by atoms with Crippen LogP contribution < -0.4 is 20.5 Å². The van der Waals surface area contributed by atoms with Crippen molar-refractivity contribution in [2.75, 3.05) is 27.1 Å². The number of rotatable bonds is 5. The van der Waals surface area contributed by atoms with Crippen molar-refractivity contribution in [1.29, 1.82) is 0 Å². The molecule has 0 saturated carbocycles. The molecule has 1 aliphatic heterocycles. The molecule has 0 aliphatic carbocycles. The predicted molar refractivity (Wildman–Crippen MR) is 64.7 cm³/mol. The summed E-state index contributed by atoms with van der Waals surface area (Å²) in [5.74, 6) is 1.03. The van der Waals surface area contributed by atoms with E-state index >= 15 is 0 Å². The highest BCUT2D eigenvalue weighted by atomic mass is 16.7. The van der Waals surface area contributed by atoms with Crippen LogP contribution in [0.2, 0.25) is 0 Å². The molecule has 0 radical (unpaired) electrons. The maximum absolute atomic E-state index is 12.0. The average molecular weight is 252 g/mol. The van der Waals surface area contributed by atoms with E-state index in [1.165, 1.54) is 0 Å². The van der Waals surface area contributed by atoms with Gasteiger partial charge in [0.15, 0.2) is 11.5 Å². The molecule has 0 aromatic heterocycles. The van der Waals surface area contributed by atoms with Gasteiger partial charge in [-0.15, -0.1) is 0 Å². The Morgan fingerprint density at radius 1 is 1.50 bits per heavy atom. The van der Waals surface area contributed by atoms with Gasteiger partial charge in [0.1, 0.15) is 0 Å². The molecule has 6 heteroatoms. The van der Waals surface area contributed by atoms with Gasteiger partial charge in [-0.25, -0.2) is 0 Å². The zero-order valence-corrected chi connectivity index (χ0v) is 10.1. The lowest BCUT2D eigenvalue weighted by atomic mass is 10.1. The molecule has 2 rings (SSSR count). The van der Waals surface area contributed by atoms with Crippen LogP contribution in [0.5, 0.6) is 11.5 Å². The molecule has 1 unspecified atom stereocenters. The van der Waals surface area contributed by atoms with Gasteiger partial charge in [-0.3, -0.25) is 4.79 Å². The van der Waals surface area contributed by atoms with Crippen LogP contribution in [0.25, 0.3) is 0 Å². The van der Waals surface area contributed by atoms with Gasteiger partial charge >= 0.3 is 0 Å². The number of hydrogen-bond donors (Lipinski definition) is 2. The van der Waals surface area contributed by atoms with Crippen LogP contribution in [0, 0.1) is 0 Å². The van der Waals surface area contributed by atoms with Crippen LogP contribution in [0.15, 0.2) is 18.2 Å². The summed E-state index contributed by atoms with van der Waals surface area (Å²) in [4.78, 5) is 12.0. The highest BCUT2D eigenvalue weighted by Crippen LogP contribution is 2.32. The number of nitrogens with one attached hydrogen (secondary N) is 1. The molecule has 1 atom stereocenters. The van der Waals surface area contributed by atoms with Crippen molar-refractivity contribution in [1.82, 2.24) is 5.32 Å². The van der Waals surface area contributed by atoms with Crippen molar-refractivity contribution in [2.45, 2.75) is 6.04 Å². The minimum Gasteiger partial charge on any atom is -0.454 e. The fraction of sp³-hybridized carbons (Fsp3) is 0.417. The quantitative estimate of drug-likeness (QED) is 0.777. The summed E-state index contributed by atoms with van der Waals surface area (Å²) in [6.07, 6.45) is 0. The van der Waals surface area contributed by atoms with Gasteiger partial charge < -0.3 is 25.3 Å². The summed E-state index contributed by atoms with van der Waals surface area (Å²) in [7, 11) is 1.56. The Labute approximate surface area is 105 Å². The van der Waals surface area contributed by atoms with E-state index in [2.05, 4.69) is 5.32 Å². The van der Waals surface area contributed by atoms with E-state index < -0.39 is 0 Å². The van der Waals surface area contributed by atoms with E-state index in [9.17, 15) is 4.79 Å². The van der Waals surface area contributed by atoms with Gasteiger partial charge in [0.05, 0.1) is 12.6 Å². The SMILES string of the molecule is COCC(CN)NC(=O)c1ccc2c(c1)OCO2. The molecule has 1 aliphatic rings. The average Bonchev–Trinajstić information content (AvgIpc) is 2.85. The number of carbonyl (C=O) groups is 1. The minimum atomic E-state index is -0.208. The number of methoxy groups -OCH3 is 1. The Bertz CT molecular complexity index is 436. The predicted octanol–water partition coefficient (Wildman–Crippen LogP) is 0.119. The normalized spacial score (nSPS) is 14.3. The van der Waals surface area contributed by atoms with E-state index in [-0.39, 0.29) is 18.7 Å². The van der Waals surface area contributed by atoms with Crippen LogP contribution >= 0.6 is 0 Å². The summed E-state index contributed by atoms with van der Waals surface area (Å²) in [5, 5.41) is 2.79. The molecular formula is C12H16N2O4. The Morgan fingerprint density at radius 3 is 3.00 bits per heavy atom. The second kappa shape index (κ2) is 5.70. The number of hydrogen-bond acceptors (Lipinski definition) is 5. The van der Waals surface area contributed by atoms with Gasteiger partial charge in [-0.05, 0) is 18.2 Å². The summed E-state index contributed by atoms with van der Waals surface area (Å²) in [6, 6.07) is 4.85. The van der Waals surface area contributed by atoms with Gasteiger partial charge in [0.25, 0.3) is 5.91 Å². The number of nitrogens with two attached hydrogens (primary N) is 1. The first-order chi connectivity index (χ1) is 8.74. The lowest BCUT2D eigenvalue weighted by Crippen LogP contribution is -2.43. The maximum Gasteiger partial charge on any atom is 0.251 e. The van der Waals surface area contributed by atoms with Crippen molar-refractivity contribution in [2.24, 2.45) is 5.73 Å². The van der Waals surface area contributed by atoms with Crippen molar-refractivity contribution in [3.63, 3.8) is 0 Å². The van der Waals surface area contributed by atoms with Crippen LogP contribution in [0.1, 0.15) is 10.4 Å². The molecule has 3 N–H and O–H groups in total. The fourth-order valence-electron chi connectivity index (χ4n) is 1.68. The van der Waals surface area contributed by atoms with Crippen LogP contribution in [-0.2, 0) is 4.74 Å². The molecule has 0 spiro atoms. The molecule has 6 nitrogen and oxygen atoms in total. The molecule has 98 valence electrons. The summed E-state index contributed by atoms with van der Waals surface area (Å²) in [6.45, 7) is 0.895. The fourth-order valence-corrected chi connectivity index (χ4v) is 1.68. The monoisotopic (exact) mass is 252 g/mol. The maximum atomic E-state index is 12.0. The van der Waals surface area contributed by atoms with E-state index in [0.717, 1.165) is 0 Å². The number of ether oxygens (including phenoxy) is 3. The van der Waals surface area contributed by atoms with E-state index in [1.54, 1.807) is 25.3 Å². The summed E-state index contributed by atoms with van der Waals surface area (Å²) in [5.41, 5.74) is 6.04. The number of amides is 1. The summed E-state index contributed by atoms with van der Waals surface area (Å²) >= 11 is 0. The van der Waals surface area contributed by atoms with Gasteiger partial charge in [0, 0.05) is 19.2 Å². The molecule has 0 fully saturated rings. The minimum absolute atomic E-state index is 0.190. The molecule has 1 aromatic carbocycles. The van der Waals surface area contributed by atoms with Crippen LogP contribution in [0.4, 0.5) is 0 Å². The largest absolute Gasteiger partial charge is 0.454 e. The number of carbonyl (C=O) groups excluding carboxylic acids is 1. The van der Waals surface area contributed by atoms with E-state index in [1.807, 2.05) is 0 Å². The Hall–Kier alpha value is -1.79. The first kappa shape index (κ1) is 12.7. The molecule has 0 saturated heterocycles. The van der Waals surface area contributed by atoms with Gasteiger partial charge in [-0.2, -0.15) is 0 Å². The van der Waals surface area contributed by atoms with Crippen molar-refractivity contribution in [3.05, 3.63) is 23.8 Å². The van der Waals surface area contributed by atoms with Crippen molar-refractivity contribution in [3.8, 4) is 11.5 Å². The highest BCUT2D eigenvalue weighted by Gasteiger charge is 2.17. The Balaban J connectivity index is 2.04. The molecule has 1 heterocycles. The molecule has 1 amide bonds. The standard InChI is InChI=1S/C12H16N2O4/c1-16-6-9(5-13)14-12(15)8-2-3-10-11(4-8)18-7-17-10/h2-4,9H,5-7,13H2,1H3,(H,14,15). The lowest BCUT2D eigenvalue weighted by Gasteiger charge is -2.15. The number of benzene rings is 1. The Kier molecular flexibility index (Phi) is 4.01. The summed E-state index contributed by atoms with van der Waals surface area (Å²) < 4.78 is 15.4. The first-order valence-electron chi connectivity index (χ1n) is 5.64. The first-order valence-corrected chi connectivity index (χ1v) is 5.64. The van der Waals surface area contributed by atoms with Crippen molar-refractivity contribution >= 4 is 5.91 Å². The third-order valence-electron chi connectivity index (χ3n) is 2.62. The smallest absolute Gasteiger partial charge is 0.251 e. The van der Waals surface area contributed by atoms with Gasteiger partial charge in [0.2, 0.25) is 6.79 Å². The third-order valence-corrected chi connectivity index (χ3v) is 2.62. The highest BCUT2D eigenvalue weighted by molar-refractivity contribution is 5.95. The van der Waals surface area contributed by atoms with E-state index in [4.69, 9.17) is 19.9 Å². The van der Waals surface area contributed by atoms with Crippen LogP contribution in [-0.4, -0.2) is 39.0 Å².